The summed E-state index contributed by atoms with van der Waals surface area (Å²) in [7, 11) is 0. The van der Waals surface area contributed by atoms with Crippen LogP contribution in [0.25, 0.3) is 0 Å². The van der Waals surface area contributed by atoms with Gasteiger partial charge in [-0.3, -0.25) is 4.79 Å². The smallest absolute Gasteiger partial charge is 0.132 e. The fraction of sp³-hybridized carbons (Fsp3) is 0.933. The lowest BCUT2D eigenvalue weighted by Crippen LogP contribution is -2.44. The average Bonchev–Trinajstić information content (AvgIpc) is 2.38. The molecule has 104 valence electrons. The number of ether oxygens (including phenoxy) is 2. The molecule has 18 heavy (non-hydrogen) atoms. The van der Waals surface area contributed by atoms with E-state index in [0.717, 1.165) is 71.2 Å². The molecule has 2 fully saturated rings. The first-order valence-electron chi connectivity index (χ1n) is 7.47. The van der Waals surface area contributed by atoms with Crippen LogP contribution in [-0.2, 0) is 14.3 Å². The van der Waals surface area contributed by atoms with E-state index in [9.17, 15) is 4.79 Å². The SMILES string of the molecule is CCCC(=O)CCC1CCOC2(CCOCC2)C1. The van der Waals surface area contributed by atoms with Crippen LogP contribution in [0.5, 0.6) is 0 Å². The van der Waals surface area contributed by atoms with Crippen LogP contribution >= 0.6 is 0 Å². The molecule has 0 saturated carbocycles. The molecule has 2 heterocycles. The quantitative estimate of drug-likeness (QED) is 0.756. The van der Waals surface area contributed by atoms with Crippen molar-refractivity contribution in [2.45, 2.75) is 63.9 Å². The van der Waals surface area contributed by atoms with E-state index in [4.69, 9.17) is 9.47 Å². The van der Waals surface area contributed by atoms with Gasteiger partial charge in [0.1, 0.15) is 5.78 Å². The molecule has 0 bridgehead atoms. The van der Waals surface area contributed by atoms with Crippen molar-refractivity contribution in [1.29, 1.82) is 0 Å². The summed E-state index contributed by atoms with van der Waals surface area (Å²) in [5.74, 6) is 1.11. The topological polar surface area (TPSA) is 35.5 Å². The number of carbonyl (C=O) groups excluding carboxylic acids is 1. The predicted molar refractivity (Wildman–Crippen MR) is 70.6 cm³/mol. The van der Waals surface area contributed by atoms with Gasteiger partial charge >= 0.3 is 0 Å². The highest BCUT2D eigenvalue weighted by atomic mass is 16.5. The molecular weight excluding hydrogens is 228 g/mol. The zero-order valence-electron chi connectivity index (χ0n) is 11.6. The van der Waals surface area contributed by atoms with E-state index in [0.29, 0.717) is 11.7 Å². The van der Waals surface area contributed by atoms with Crippen LogP contribution in [0.15, 0.2) is 0 Å². The number of ketones is 1. The zero-order chi connectivity index (χ0) is 12.8. The lowest BCUT2D eigenvalue weighted by Gasteiger charge is -2.43. The molecule has 2 aliphatic rings. The van der Waals surface area contributed by atoms with E-state index < -0.39 is 0 Å². The zero-order valence-corrected chi connectivity index (χ0v) is 11.6. The Morgan fingerprint density at radius 1 is 1.22 bits per heavy atom. The predicted octanol–water partition coefficient (Wildman–Crippen LogP) is 3.11. The standard InChI is InChI=1S/C15H26O3/c1-2-3-14(16)5-4-13-6-9-18-15(12-13)7-10-17-11-8-15/h13H,2-12H2,1H3. The van der Waals surface area contributed by atoms with Crippen molar-refractivity contribution in [2.24, 2.45) is 5.92 Å². The molecule has 1 atom stereocenters. The summed E-state index contributed by atoms with van der Waals surface area (Å²) in [6.45, 7) is 4.61. The first kappa shape index (κ1) is 14.0. The molecule has 2 aliphatic heterocycles. The maximum Gasteiger partial charge on any atom is 0.132 e. The van der Waals surface area contributed by atoms with Gasteiger partial charge in [-0.15, -0.1) is 0 Å². The van der Waals surface area contributed by atoms with Crippen molar-refractivity contribution in [3.05, 3.63) is 0 Å². The maximum absolute atomic E-state index is 11.6. The van der Waals surface area contributed by atoms with Gasteiger partial charge in [0, 0.05) is 32.7 Å². The highest BCUT2D eigenvalue weighted by Crippen LogP contribution is 2.38. The van der Waals surface area contributed by atoms with E-state index in [1.165, 1.54) is 0 Å². The molecule has 0 aliphatic carbocycles. The molecule has 0 radical (unpaired) electrons. The minimum atomic E-state index is 0.0783. The molecule has 1 spiro atoms. The van der Waals surface area contributed by atoms with E-state index in [-0.39, 0.29) is 5.60 Å². The Morgan fingerprint density at radius 2 is 2.00 bits per heavy atom. The van der Waals surface area contributed by atoms with Crippen molar-refractivity contribution in [3.63, 3.8) is 0 Å². The normalized spacial score (nSPS) is 27.3. The number of carbonyl (C=O) groups is 1. The Bertz CT molecular complexity index is 263. The third kappa shape index (κ3) is 3.79. The lowest BCUT2D eigenvalue weighted by molar-refractivity contribution is -0.148. The van der Waals surface area contributed by atoms with Crippen molar-refractivity contribution in [1.82, 2.24) is 0 Å². The Labute approximate surface area is 110 Å². The molecule has 3 heteroatoms. The molecular formula is C15H26O3. The van der Waals surface area contributed by atoms with Crippen LogP contribution in [0, 0.1) is 5.92 Å². The summed E-state index contributed by atoms with van der Waals surface area (Å²) in [5, 5.41) is 0. The summed E-state index contributed by atoms with van der Waals surface area (Å²) >= 11 is 0. The molecule has 0 N–H and O–H groups in total. The molecule has 0 aromatic heterocycles. The van der Waals surface area contributed by atoms with Gasteiger partial charge in [-0.2, -0.15) is 0 Å². The molecule has 0 aromatic rings. The molecule has 0 aromatic carbocycles. The number of rotatable bonds is 5. The van der Waals surface area contributed by atoms with Gasteiger partial charge in [0.15, 0.2) is 0 Å². The Kier molecular flexibility index (Phi) is 5.19. The minimum absolute atomic E-state index is 0.0783. The van der Waals surface area contributed by atoms with Crippen LogP contribution in [-0.4, -0.2) is 31.2 Å². The van der Waals surface area contributed by atoms with Crippen LogP contribution < -0.4 is 0 Å². The van der Waals surface area contributed by atoms with Crippen LogP contribution in [0.1, 0.15) is 58.3 Å². The highest BCUT2D eigenvalue weighted by molar-refractivity contribution is 5.78. The summed E-state index contributed by atoms with van der Waals surface area (Å²) in [6, 6.07) is 0. The van der Waals surface area contributed by atoms with Gasteiger partial charge < -0.3 is 9.47 Å². The van der Waals surface area contributed by atoms with Crippen molar-refractivity contribution < 1.29 is 14.3 Å². The second kappa shape index (κ2) is 6.67. The maximum atomic E-state index is 11.6. The van der Waals surface area contributed by atoms with Gasteiger partial charge in [-0.25, -0.2) is 0 Å². The second-order valence-corrected chi connectivity index (χ2v) is 5.83. The Balaban J connectivity index is 1.77. The first-order valence-corrected chi connectivity index (χ1v) is 7.47. The number of hydrogen-bond donors (Lipinski definition) is 0. The lowest BCUT2D eigenvalue weighted by atomic mass is 9.79. The second-order valence-electron chi connectivity index (χ2n) is 5.83. The van der Waals surface area contributed by atoms with E-state index in [1.54, 1.807) is 0 Å². The first-order chi connectivity index (χ1) is 8.74. The van der Waals surface area contributed by atoms with Crippen molar-refractivity contribution in [2.75, 3.05) is 19.8 Å². The van der Waals surface area contributed by atoms with Crippen molar-refractivity contribution in [3.8, 4) is 0 Å². The van der Waals surface area contributed by atoms with E-state index >= 15 is 0 Å². The van der Waals surface area contributed by atoms with Gasteiger partial charge in [0.25, 0.3) is 0 Å². The third-order valence-electron chi connectivity index (χ3n) is 4.36. The molecule has 0 amide bonds. The monoisotopic (exact) mass is 254 g/mol. The van der Waals surface area contributed by atoms with E-state index in [2.05, 4.69) is 6.92 Å². The summed E-state index contributed by atoms with van der Waals surface area (Å²) in [4.78, 5) is 11.6. The number of hydrogen-bond acceptors (Lipinski definition) is 3. The van der Waals surface area contributed by atoms with Gasteiger partial charge in [-0.1, -0.05) is 6.92 Å². The molecule has 2 saturated heterocycles. The van der Waals surface area contributed by atoms with Crippen LogP contribution in [0.2, 0.25) is 0 Å². The van der Waals surface area contributed by atoms with Crippen LogP contribution in [0.4, 0.5) is 0 Å². The Morgan fingerprint density at radius 3 is 2.72 bits per heavy atom. The van der Waals surface area contributed by atoms with Crippen LogP contribution in [0.3, 0.4) is 0 Å². The van der Waals surface area contributed by atoms with Crippen molar-refractivity contribution >= 4 is 5.78 Å². The number of Topliss-reactive ketones (excluding diaryl/α,β-unsaturated/α-hetero) is 1. The Hall–Kier alpha value is -0.410. The third-order valence-corrected chi connectivity index (χ3v) is 4.36. The largest absolute Gasteiger partial charge is 0.381 e. The highest BCUT2D eigenvalue weighted by Gasteiger charge is 2.38. The fourth-order valence-corrected chi connectivity index (χ4v) is 3.24. The average molecular weight is 254 g/mol. The molecule has 1 unspecified atom stereocenters. The summed E-state index contributed by atoms with van der Waals surface area (Å²) < 4.78 is 11.5. The van der Waals surface area contributed by atoms with E-state index in [1.807, 2.05) is 0 Å². The molecule has 3 nitrogen and oxygen atoms in total. The summed E-state index contributed by atoms with van der Waals surface area (Å²) in [6.07, 6.45) is 7.89. The van der Waals surface area contributed by atoms with Gasteiger partial charge in [0.2, 0.25) is 0 Å². The summed E-state index contributed by atoms with van der Waals surface area (Å²) in [5.41, 5.74) is 0.0783. The van der Waals surface area contributed by atoms with Gasteiger partial charge in [-0.05, 0) is 44.4 Å². The fourth-order valence-electron chi connectivity index (χ4n) is 3.24. The van der Waals surface area contributed by atoms with Gasteiger partial charge in [0.05, 0.1) is 5.60 Å². The minimum Gasteiger partial charge on any atom is -0.381 e. The molecule has 2 rings (SSSR count).